The minimum Gasteiger partial charge on any atom is -0.475 e. The summed E-state index contributed by atoms with van der Waals surface area (Å²) in [6.45, 7) is 4.43. The molecule has 0 radical (unpaired) electrons. The van der Waals surface area contributed by atoms with Gasteiger partial charge in [-0.2, -0.15) is 0 Å². The lowest BCUT2D eigenvalue weighted by Crippen LogP contribution is -2.55. The molecular weight excluding hydrogens is 354 g/mol. The van der Waals surface area contributed by atoms with Crippen LogP contribution in [0.25, 0.3) is 11.3 Å². The Labute approximate surface area is 164 Å². The highest BCUT2D eigenvalue weighted by Crippen LogP contribution is 2.26. The molecule has 1 N–H and O–H groups in total. The van der Waals surface area contributed by atoms with Gasteiger partial charge < -0.3 is 19.4 Å². The first-order chi connectivity index (χ1) is 13.7. The van der Waals surface area contributed by atoms with E-state index in [9.17, 15) is 4.79 Å². The maximum atomic E-state index is 13.1. The smallest absolute Gasteiger partial charge is 0.290 e. The molecule has 4 rings (SSSR count). The summed E-state index contributed by atoms with van der Waals surface area (Å²) in [7, 11) is 0. The van der Waals surface area contributed by atoms with Crippen LogP contribution in [0.1, 0.15) is 16.1 Å². The number of amides is 1. The molecule has 28 heavy (non-hydrogen) atoms. The van der Waals surface area contributed by atoms with Crippen molar-refractivity contribution in [1.29, 1.82) is 0 Å². The number of aromatic nitrogens is 1. The van der Waals surface area contributed by atoms with Crippen molar-refractivity contribution < 1.29 is 13.9 Å². The predicted molar refractivity (Wildman–Crippen MR) is 106 cm³/mol. The Bertz CT molecular complexity index is 939. The van der Waals surface area contributed by atoms with Crippen molar-refractivity contribution in [1.82, 2.24) is 15.2 Å². The lowest BCUT2D eigenvalue weighted by Gasteiger charge is -2.35. The number of aryl methyl sites for hydroxylation is 1. The Kier molecular flexibility index (Phi) is 5.39. The summed E-state index contributed by atoms with van der Waals surface area (Å²) in [6.07, 6.45) is 1.69. The molecule has 0 bridgehead atoms. The molecule has 1 aliphatic heterocycles. The molecule has 0 saturated carbocycles. The first-order valence-electron chi connectivity index (χ1n) is 9.44. The standard InChI is InChI=1S/C22H23N3O3/c1-16-6-2-3-7-18(16)19-9-10-20(28-19)22(26)25-13-12-23-14-17(25)15-27-21-8-4-5-11-24-21/h2-11,17,23H,12-15H2,1H3. The second kappa shape index (κ2) is 8.27. The summed E-state index contributed by atoms with van der Waals surface area (Å²) in [4.78, 5) is 19.1. The summed E-state index contributed by atoms with van der Waals surface area (Å²) >= 11 is 0. The van der Waals surface area contributed by atoms with E-state index in [0.29, 0.717) is 37.1 Å². The first-order valence-corrected chi connectivity index (χ1v) is 9.44. The van der Waals surface area contributed by atoms with Gasteiger partial charge >= 0.3 is 0 Å². The van der Waals surface area contributed by atoms with Gasteiger partial charge in [0.2, 0.25) is 5.88 Å². The normalized spacial score (nSPS) is 16.8. The third kappa shape index (κ3) is 3.92. The summed E-state index contributed by atoms with van der Waals surface area (Å²) in [5.41, 5.74) is 2.11. The van der Waals surface area contributed by atoms with Crippen LogP contribution >= 0.6 is 0 Å². The van der Waals surface area contributed by atoms with Gasteiger partial charge in [0.1, 0.15) is 12.4 Å². The van der Waals surface area contributed by atoms with Crippen molar-refractivity contribution in [3.8, 4) is 17.2 Å². The van der Waals surface area contributed by atoms with Gasteiger partial charge in [-0.15, -0.1) is 0 Å². The van der Waals surface area contributed by atoms with E-state index < -0.39 is 0 Å². The average molecular weight is 377 g/mol. The van der Waals surface area contributed by atoms with Gasteiger partial charge in [0, 0.05) is 37.5 Å². The maximum absolute atomic E-state index is 13.1. The van der Waals surface area contributed by atoms with Crippen molar-refractivity contribution in [3.05, 3.63) is 72.1 Å². The molecule has 1 aromatic carbocycles. The maximum Gasteiger partial charge on any atom is 0.290 e. The quantitative estimate of drug-likeness (QED) is 0.740. The van der Waals surface area contributed by atoms with Crippen molar-refractivity contribution in [2.24, 2.45) is 0 Å². The second-order valence-electron chi connectivity index (χ2n) is 6.81. The molecule has 0 aliphatic carbocycles. The number of ether oxygens (including phenoxy) is 1. The molecule has 6 heteroatoms. The van der Waals surface area contributed by atoms with Crippen LogP contribution in [-0.4, -0.2) is 48.1 Å². The highest BCUT2D eigenvalue weighted by molar-refractivity contribution is 5.92. The van der Waals surface area contributed by atoms with E-state index in [4.69, 9.17) is 9.15 Å². The van der Waals surface area contributed by atoms with E-state index >= 15 is 0 Å². The largest absolute Gasteiger partial charge is 0.475 e. The van der Waals surface area contributed by atoms with Gasteiger partial charge in [0.05, 0.1) is 6.04 Å². The van der Waals surface area contributed by atoms with Crippen molar-refractivity contribution in [2.75, 3.05) is 26.2 Å². The number of rotatable bonds is 5. The number of benzene rings is 1. The number of nitrogens with one attached hydrogen (secondary N) is 1. The number of piperazine rings is 1. The Morgan fingerprint density at radius 1 is 1.21 bits per heavy atom. The molecule has 1 saturated heterocycles. The Hall–Kier alpha value is -3.12. The SMILES string of the molecule is Cc1ccccc1-c1ccc(C(=O)N2CCNCC2COc2ccccn2)o1. The zero-order chi connectivity index (χ0) is 19.3. The van der Waals surface area contributed by atoms with Crippen LogP contribution < -0.4 is 10.1 Å². The molecule has 6 nitrogen and oxygen atoms in total. The minimum atomic E-state index is -0.115. The Morgan fingerprint density at radius 2 is 2.07 bits per heavy atom. The first kappa shape index (κ1) is 18.3. The summed E-state index contributed by atoms with van der Waals surface area (Å²) in [5.74, 6) is 1.50. The lowest BCUT2D eigenvalue weighted by atomic mass is 10.1. The molecule has 3 heterocycles. The highest BCUT2D eigenvalue weighted by atomic mass is 16.5. The van der Waals surface area contributed by atoms with Crippen molar-refractivity contribution in [2.45, 2.75) is 13.0 Å². The zero-order valence-electron chi connectivity index (χ0n) is 15.8. The van der Waals surface area contributed by atoms with Gasteiger partial charge in [0.15, 0.2) is 5.76 Å². The molecule has 0 spiro atoms. The van der Waals surface area contributed by atoms with E-state index in [0.717, 1.165) is 17.7 Å². The minimum absolute atomic E-state index is 0.0877. The van der Waals surface area contributed by atoms with Crippen LogP contribution in [0.4, 0.5) is 0 Å². The van der Waals surface area contributed by atoms with E-state index in [1.807, 2.05) is 60.4 Å². The van der Waals surface area contributed by atoms with Gasteiger partial charge in [-0.25, -0.2) is 4.98 Å². The number of nitrogens with zero attached hydrogens (tertiary/aromatic N) is 2. The Balaban J connectivity index is 1.48. The molecule has 2 aromatic heterocycles. The molecule has 1 amide bonds. The van der Waals surface area contributed by atoms with E-state index in [-0.39, 0.29) is 11.9 Å². The van der Waals surface area contributed by atoms with Crippen LogP contribution in [0, 0.1) is 6.92 Å². The topological polar surface area (TPSA) is 67.6 Å². The number of hydrogen-bond donors (Lipinski definition) is 1. The van der Waals surface area contributed by atoms with Crippen LogP contribution in [0.3, 0.4) is 0 Å². The average Bonchev–Trinajstić information content (AvgIpc) is 3.23. The van der Waals surface area contributed by atoms with E-state index in [1.165, 1.54) is 0 Å². The lowest BCUT2D eigenvalue weighted by molar-refractivity contribution is 0.0525. The van der Waals surface area contributed by atoms with Gasteiger partial charge in [-0.3, -0.25) is 4.79 Å². The summed E-state index contributed by atoms with van der Waals surface area (Å²) in [6, 6.07) is 17.0. The molecule has 3 aromatic rings. The zero-order valence-corrected chi connectivity index (χ0v) is 15.8. The van der Waals surface area contributed by atoms with Crippen LogP contribution in [0.15, 0.2) is 65.2 Å². The summed E-state index contributed by atoms with van der Waals surface area (Å²) in [5, 5.41) is 3.32. The highest BCUT2D eigenvalue weighted by Gasteiger charge is 2.30. The van der Waals surface area contributed by atoms with Gasteiger partial charge in [-0.05, 0) is 30.7 Å². The van der Waals surface area contributed by atoms with Gasteiger partial charge in [0.25, 0.3) is 5.91 Å². The predicted octanol–water partition coefficient (Wildman–Crippen LogP) is 3.14. The van der Waals surface area contributed by atoms with E-state index in [1.54, 1.807) is 12.3 Å². The number of furan rings is 1. The van der Waals surface area contributed by atoms with Crippen molar-refractivity contribution >= 4 is 5.91 Å². The second-order valence-corrected chi connectivity index (χ2v) is 6.81. The Morgan fingerprint density at radius 3 is 2.89 bits per heavy atom. The summed E-state index contributed by atoms with van der Waals surface area (Å²) < 4.78 is 11.7. The number of pyridine rings is 1. The van der Waals surface area contributed by atoms with Crippen LogP contribution in [-0.2, 0) is 0 Å². The number of carbonyl (C=O) groups excluding carboxylic acids is 1. The van der Waals surface area contributed by atoms with Crippen LogP contribution in [0.5, 0.6) is 5.88 Å². The van der Waals surface area contributed by atoms with Crippen molar-refractivity contribution in [3.63, 3.8) is 0 Å². The molecule has 1 fully saturated rings. The molecule has 1 atom stereocenters. The van der Waals surface area contributed by atoms with Crippen LogP contribution in [0.2, 0.25) is 0 Å². The third-order valence-corrected chi connectivity index (χ3v) is 4.90. The fourth-order valence-corrected chi connectivity index (χ4v) is 3.38. The van der Waals surface area contributed by atoms with Gasteiger partial charge in [-0.1, -0.05) is 30.3 Å². The number of hydrogen-bond acceptors (Lipinski definition) is 5. The monoisotopic (exact) mass is 377 g/mol. The fourth-order valence-electron chi connectivity index (χ4n) is 3.38. The number of carbonyl (C=O) groups is 1. The molecule has 144 valence electrons. The molecule has 1 aliphatic rings. The molecular formula is C22H23N3O3. The molecule has 1 unspecified atom stereocenters. The fraction of sp³-hybridized carbons (Fsp3) is 0.273. The van der Waals surface area contributed by atoms with E-state index in [2.05, 4.69) is 10.3 Å². The third-order valence-electron chi connectivity index (χ3n) is 4.90.